The van der Waals surface area contributed by atoms with Gasteiger partial charge in [-0.1, -0.05) is 35.3 Å². The fourth-order valence-electron chi connectivity index (χ4n) is 1.67. The smallest absolute Gasteiger partial charge is 0.251 e. The number of rotatable bonds is 4. The van der Waals surface area contributed by atoms with Crippen molar-refractivity contribution >= 4 is 29.1 Å². The quantitative estimate of drug-likeness (QED) is 0.878. The van der Waals surface area contributed by atoms with Crippen LogP contribution in [0.1, 0.15) is 15.9 Å². The minimum Gasteiger partial charge on any atom is -0.352 e. The van der Waals surface area contributed by atoms with Crippen LogP contribution < -0.4 is 5.32 Å². The Hall–Kier alpha value is -1.65. The average Bonchev–Trinajstić information content (AvgIpc) is 2.40. The van der Waals surface area contributed by atoms with Crippen molar-refractivity contribution in [2.75, 3.05) is 6.54 Å². The number of halogens is 3. The molecule has 0 aliphatic carbocycles. The molecule has 1 amide bonds. The molecule has 3 nitrogen and oxygen atoms in total. The van der Waals surface area contributed by atoms with Crippen molar-refractivity contribution in [1.82, 2.24) is 10.3 Å². The lowest BCUT2D eigenvalue weighted by atomic mass is 10.1. The first-order valence-corrected chi connectivity index (χ1v) is 6.66. The highest BCUT2D eigenvalue weighted by Gasteiger charge is 2.08. The lowest BCUT2D eigenvalue weighted by Gasteiger charge is -2.06. The lowest BCUT2D eigenvalue weighted by molar-refractivity contribution is 0.0954. The summed E-state index contributed by atoms with van der Waals surface area (Å²) in [5.74, 6) is -0.558. The molecule has 1 aromatic carbocycles. The normalized spacial score (nSPS) is 10.3. The van der Waals surface area contributed by atoms with Crippen LogP contribution in [0.2, 0.25) is 10.3 Å². The predicted molar refractivity (Wildman–Crippen MR) is 76.7 cm³/mol. The Bertz CT molecular complexity index is 597. The van der Waals surface area contributed by atoms with E-state index in [1.807, 2.05) is 0 Å². The van der Waals surface area contributed by atoms with Gasteiger partial charge in [0.1, 0.15) is 16.1 Å². The number of carbonyl (C=O) groups excluding carboxylic acids is 1. The summed E-state index contributed by atoms with van der Waals surface area (Å²) >= 11 is 11.5. The SMILES string of the molecule is O=C(NCCc1ccc(F)cc1)c1cc(Cl)nc(Cl)c1. The molecule has 0 bridgehead atoms. The fraction of sp³-hybridized carbons (Fsp3) is 0.143. The van der Waals surface area contributed by atoms with Crippen LogP contribution in [-0.4, -0.2) is 17.4 Å². The maximum Gasteiger partial charge on any atom is 0.251 e. The molecular formula is C14H11Cl2FN2O. The number of aromatic nitrogens is 1. The zero-order valence-electron chi connectivity index (χ0n) is 10.4. The highest BCUT2D eigenvalue weighted by atomic mass is 35.5. The van der Waals surface area contributed by atoms with Crippen LogP contribution >= 0.6 is 23.2 Å². The molecule has 1 N–H and O–H groups in total. The number of carbonyl (C=O) groups is 1. The first-order valence-electron chi connectivity index (χ1n) is 5.90. The highest BCUT2D eigenvalue weighted by Crippen LogP contribution is 2.14. The molecule has 104 valence electrons. The Morgan fingerprint density at radius 3 is 2.35 bits per heavy atom. The monoisotopic (exact) mass is 312 g/mol. The molecule has 0 aliphatic rings. The van der Waals surface area contributed by atoms with Gasteiger partial charge in [-0.15, -0.1) is 0 Å². The van der Waals surface area contributed by atoms with Crippen LogP contribution in [0.15, 0.2) is 36.4 Å². The highest BCUT2D eigenvalue weighted by molar-refractivity contribution is 6.33. The number of benzene rings is 1. The minimum absolute atomic E-state index is 0.168. The van der Waals surface area contributed by atoms with Crippen molar-refractivity contribution < 1.29 is 9.18 Å². The van der Waals surface area contributed by atoms with Crippen LogP contribution in [0.5, 0.6) is 0 Å². The molecule has 0 unspecified atom stereocenters. The molecule has 1 heterocycles. The minimum atomic E-state index is -0.279. The molecule has 0 atom stereocenters. The van der Waals surface area contributed by atoms with Crippen molar-refractivity contribution in [3.8, 4) is 0 Å². The van der Waals surface area contributed by atoms with E-state index in [1.54, 1.807) is 12.1 Å². The summed E-state index contributed by atoms with van der Waals surface area (Å²) in [5.41, 5.74) is 1.30. The number of nitrogens with one attached hydrogen (secondary N) is 1. The van der Waals surface area contributed by atoms with Gasteiger partial charge in [0, 0.05) is 12.1 Å². The van der Waals surface area contributed by atoms with E-state index in [9.17, 15) is 9.18 Å². The average molecular weight is 313 g/mol. The molecule has 0 saturated carbocycles. The Balaban J connectivity index is 1.90. The number of hydrogen-bond acceptors (Lipinski definition) is 2. The van der Waals surface area contributed by atoms with Gasteiger partial charge < -0.3 is 5.32 Å². The van der Waals surface area contributed by atoms with Gasteiger partial charge in [0.25, 0.3) is 5.91 Å². The largest absolute Gasteiger partial charge is 0.352 e. The Kier molecular flexibility index (Phi) is 4.93. The van der Waals surface area contributed by atoms with E-state index in [1.165, 1.54) is 24.3 Å². The van der Waals surface area contributed by atoms with Crippen LogP contribution in [0.3, 0.4) is 0 Å². The first-order chi connectivity index (χ1) is 9.54. The van der Waals surface area contributed by atoms with Gasteiger partial charge in [0.2, 0.25) is 0 Å². The van der Waals surface area contributed by atoms with Gasteiger partial charge in [-0.05, 0) is 36.2 Å². The van der Waals surface area contributed by atoms with Gasteiger partial charge in [-0.2, -0.15) is 0 Å². The molecular weight excluding hydrogens is 302 g/mol. The number of pyridine rings is 1. The first kappa shape index (κ1) is 14.8. The lowest BCUT2D eigenvalue weighted by Crippen LogP contribution is -2.25. The number of amides is 1. The molecule has 6 heteroatoms. The molecule has 0 radical (unpaired) electrons. The van der Waals surface area contributed by atoms with E-state index in [4.69, 9.17) is 23.2 Å². The van der Waals surface area contributed by atoms with Crippen molar-refractivity contribution in [2.45, 2.75) is 6.42 Å². The zero-order valence-corrected chi connectivity index (χ0v) is 11.9. The van der Waals surface area contributed by atoms with E-state index >= 15 is 0 Å². The van der Waals surface area contributed by atoms with E-state index < -0.39 is 0 Å². The van der Waals surface area contributed by atoms with Gasteiger partial charge in [0.05, 0.1) is 0 Å². The van der Waals surface area contributed by atoms with Crippen molar-refractivity contribution in [2.24, 2.45) is 0 Å². The Morgan fingerprint density at radius 1 is 1.15 bits per heavy atom. The van der Waals surface area contributed by atoms with E-state index in [0.717, 1.165) is 5.56 Å². The molecule has 0 saturated heterocycles. The second-order valence-electron chi connectivity index (χ2n) is 4.13. The summed E-state index contributed by atoms with van der Waals surface area (Å²) in [6, 6.07) is 9.03. The van der Waals surface area contributed by atoms with Crippen LogP contribution in [0.25, 0.3) is 0 Å². The van der Waals surface area contributed by atoms with Crippen molar-refractivity contribution in [1.29, 1.82) is 0 Å². The van der Waals surface area contributed by atoms with E-state index in [-0.39, 0.29) is 22.0 Å². The maximum atomic E-state index is 12.7. The third-order valence-electron chi connectivity index (χ3n) is 2.64. The summed E-state index contributed by atoms with van der Waals surface area (Å²) in [4.78, 5) is 15.6. The van der Waals surface area contributed by atoms with Gasteiger partial charge >= 0.3 is 0 Å². The molecule has 2 aromatic rings. The number of nitrogens with zero attached hydrogens (tertiary/aromatic N) is 1. The molecule has 20 heavy (non-hydrogen) atoms. The zero-order chi connectivity index (χ0) is 14.5. The standard InChI is InChI=1S/C14H11Cl2FN2O/c15-12-7-10(8-13(16)19-12)14(20)18-6-5-9-1-3-11(17)4-2-9/h1-4,7-8H,5-6H2,(H,18,20). The second-order valence-corrected chi connectivity index (χ2v) is 4.91. The summed E-state index contributed by atoms with van der Waals surface area (Å²) in [6.07, 6.45) is 0.610. The maximum absolute atomic E-state index is 12.7. The molecule has 0 fully saturated rings. The summed E-state index contributed by atoms with van der Waals surface area (Å²) < 4.78 is 12.7. The second kappa shape index (κ2) is 6.68. The van der Waals surface area contributed by atoms with Crippen molar-refractivity contribution in [3.05, 3.63) is 63.6 Å². The molecule has 1 aromatic heterocycles. The topological polar surface area (TPSA) is 42.0 Å². The third kappa shape index (κ3) is 4.18. The van der Waals surface area contributed by atoms with E-state index in [2.05, 4.69) is 10.3 Å². The van der Waals surface area contributed by atoms with Gasteiger partial charge in [-0.25, -0.2) is 9.37 Å². The number of hydrogen-bond donors (Lipinski definition) is 1. The molecule has 0 spiro atoms. The predicted octanol–water partition coefficient (Wildman–Crippen LogP) is 3.50. The molecule has 2 rings (SSSR count). The van der Waals surface area contributed by atoms with Crippen LogP contribution in [-0.2, 0) is 6.42 Å². The van der Waals surface area contributed by atoms with Crippen LogP contribution in [0.4, 0.5) is 4.39 Å². The summed E-state index contributed by atoms with van der Waals surface area (Å²) in [7, 11) is 0. The fourth-order valence-corrected chi connectivity index (χ4v) is 2.13. The Labute approximate surface area is 125 Å². The van der Waals surface area contributed by atoms with Gasteiger partial charge in [-0.3, -0.25) is 4.79 Å². The van der Waals surface area contributed by atoms with E-state index in [0.29, 0.717) is 18.5 Å². The van der Waals surface area contributed by atoms with Gasteiger partial charge in [0.15, 0.2) is 0 Å². The molecule has 0 aliphatic heterocycles. The van der Waals surface area contributed by atoms with Crippen LogP contribution in [0, 0.1) is 5.82 Å². The third-order valence-corrected chi connectivity index (χ3v) is 3.02. The summed E-state index contributed by atoms with van der Waals surface area (Å²) in [6.45, 7) is 0.433. The van der Waals surface area contributed by atoms with Crippen molar-refractivity contribution in [3.63, 3.8) is 0 Å². The summed E-state index contributed by atoms with van der Waals surface area (Å²) in [5, 5.41) is 3.07. The Morgan fingerprint density at radius 2 is 1.75 bits per heavy atom.